The molecule has 10 heteroatoms. The van der Waals surface area contributed by atoms with Crippen LogP contribution in [0.1, 0.15) is 17.2 Å². The zero-order chi connectivity index (χ0) is 26.9. The molecule has 0 saturated carbocycles. The Labute approximate surface area is 217 Å². The highest BCUT2D eigenvalue weighted by Gasteiger charge is 2.47. The van der Waals surface area contributed by atoms with Crippen LogP contribution < -0.4 is 23.8 Å². The molecule has 1 amide bonds. The summed E-state index contributed by atoms with van der Waals surface area (Å²) in [5, 5.41) is 11.2. The lowest BCUT2D eigenvalue weighted by Crippen LogP contribution is -2.29. The van der Waals surface area contributed by atoms with Crippen LogP contribution in [0, 0.1) is 5.82 Å². The Kier molecular flexibility index (Phi) is 7.26. The van der Waals surface area contributed by atoms with E-state index < -0.39 is 29.3 Å². The molecule has 4 rings (SSSR count). The topological polar surface area (TPSA) is 94.5 Å². The van der Waals surface area contributed by atoms with Crippen molar-refractivity contribution in [3.63, 3.8) is 0 Å². The molecule has 0 aliphatic carbocycles. The lowest BCUT2D eigenvalue weighted by atomic mass is 9.94. The van der Waals surface area contributed by atoms with E-state index in [1.807, 2.05) is 0 Å². The first-order chi connectivity index (χ1) is 17.7. The molecule has 0 aromatic heterocycles. The van der Waals surface area contributed by atoms with Crippen molar-refractivity contribution in [1.29, 1.82) is 0 Å². The van der Waals surface area contributed by atoms with Gasteiger partial charge in [-0.1, -0.05) is 17.7 Å². The smallest absolute Gasteiger partial charge is 0.300 e. The van der Waals surface area contributed by atoms with Gasteiger partial charge in [0.1, 0.15) is 23.1 Å². The van der Waals surface area contributed by atoms with Gasteiger partial charge in [0.15, 0.2) is 11.5 Å². The Hall–Kier alpha value is -4.24. The summed E-state index contributed by atoms with van der Waals surface area (Å²) in [5.74, 6) is -1.67. The number of benzene rings is 3. The molecule has 37 heavy (non-hydrogen) atoms. The van der Waals surface area contributed by atoms with Gasteiger partial charge in [-0.2, -0.15) is 0 Å². The maximum absolute atomic E-state index is 13.9. The van der Waals surface area contributed by atoms with E-state index in [0.717, 1.165) is 11.0 Å². The lowest BCUT2D eigenvalue weighted by molar-refractivity contribution is -0.132. The second kappa shape index (κ2) is 10.4. The summed E-state index contributed by atoms with van der Waals surface area (Å²) < 4.78 is 35.3. The van der Waals surface area contributed by atoms with Gasteiger partial charge in [0.25, 0.3) is 11.7 Å². The van der Waals surface area contributed by atoms with Gasteiger partial charge in [0.2, 0.25) is 0 Å². The number of aliphatic hydroxyl groups excluding tert-OH is 1. The van der Waals surface area contributed by atoms with Gasteiger partial charge >= 0.3 is 0 Å². The van der Waals surface area contributed by atoms with E-state index in [2.05, 4.69) is 0 Å². The average Bonchev–Trinajstić information content (AvgIpc) is 3.18. The Morgan fingerprint density at radius 1 is 0.865 bits per heavy atom. The minimum atomic E-state index is -1.13. The molecule has 0 spiro atoms. The molecule has 1 atom stereocenters. The van der Waals surface area contributed by atoms with Crippen LogP contribution in [0.3, 0.4) is 0 Å². The van der Waals surface area contributed by atoms with Crippen molar-refractivity contribution in [3.8, 4) is 23.0 Å². The van der Waals surface area contributed by atoms with Gasteiger partial charge in [0, 0.05) is 5.69 Å². The highest BCUT2D eigenvalue weighted by molar-refractivity contribution is 6.52. The number of hydrogen-bond acceptors (Lipinski definition) is 7. The van der Waals surface area contributed by atoms with Gasteiger partial charge in [-0.3, -0.25) is 14.5 Å². The Bertz CT molecular complexity index is 1420. The minimum Gasteiger partial charge on any atom is -0.507 e. The fourth-order valence-corrected chi connectivity index (χ4v) is 4.39. The summed E-state index contributed by atoms with van der Waals surface area (Å²) >= 11 is 6.00. The molecule has 1 fully saturated rings. The zero-order valence-electron chi connectivity index (χ0n) is 20.4. The molecular weight excluding hydrogens is 505 g/mol. The second-order valence-electron chi connectivity index (χ2n) is 7.95. The molecule has 3 aromatic rings. The minimum absolute atomic E-state index is 0.141. The summed E-state index contributed by atoms with van der Waals surface area (Å²) in [6.07, 6.45) is 0. The molecule has 1 N–H and O–H groups in total. The lowest BCUT2D eigenvalue weighted by Gasteiger charge is -2.26. The van der Waals surface area contributed by atoms with Crippen molar-refractivity contribution in [1.82, 2.24) is 0 Å². The van der Waals surface area contributed by atoms with Crippen molar-refractivity contribution in [2.75, 3.05) is 33.3 Å². The maximum atomic E-state index is 13.9. The fourth-order valence-electron chi connectivity index (χ4n) is 4.22. The highest BCUT2D eigenvalue weighted by Crippen LogP contribution is 2.45. The number of anilines is 1. The third-order valence-corrected chi connectivity index (χ3v) is 6.30. The highest BCUT2D eigenvalue weighted by atomic mass is 35.5. The van der Waals surface area contributed by atoms with Crippen LogP contribution in [0.25, 0.3) is 5.76 Å². The number of carbonyl (C=O) groups excluding carboxylic acids is 2. The number of nitrogens with zero attached hydrogens (tertiary/aromatic N) is 1. The van der Waals surface area contributed by atoms with Crippen LogP contribution in [0.5, 0.6) is 23.0 Å². The number of ketones is 1. The maximum Gasteiger partial charge on any atom is 0.300 e. The van der Waals surface area contributed by atoms with Crippen LogP contribution in [0.4, 0.5) is 10.1 Å². The molecule has 0 bridgehead atoms. The standard InChI is InChI=1S/C27H23ClFNO7/c1-34-16-7-10-20(35-2)17(13-16)25(31)23-24(14-5-9-21(36-3)22(11-14)37-4)30(27(33)26(23)32)15-6-8-19(29)18(28)12-15/h5-13,24,31H,1-4H3/b25-23+. The summed E-state index contributed by atoms with van der Waals surface area (Å²) in [7, 11) is 5.77. The van der Waals surface area contributed by atoms with Crippen molar-refractivity contribution in [2.45, 2.75) is 6.04 Å². The fraction of sp³-hybridized carbons (Fsp3) is 0.185. The molecule has 0 radical (unpaired) electrons. The van der Waals surface area contributed by atoms with Gasteiger partial charge in [0.05, 0.1) is 50.6 Å². The first-order valence-electron chi connectivity index (χ1n) is 11.0. The second-order valence-corrected chi connectivity index (χ2v) is 8.36. The number of rotatable bonds is 7. The first-order valence-corrected chi connectivity index (χ1v) is 11.3. The van der Waals surface area contributed by atoms with Gasteiger partial charge in [-0.25, -0.2) is 4.39 Å². The predicted molar refractivity (Wildman–Crippen MR) is 135 cm³/mol. The number of Topliss-reactive ketones (excluding diaryl/α,β-unsaturated/α-hetero) is 1. The third-order valence-electron chi connectivity index (χ3n) is 6.01. The number of carbonyl (C=O) groups is 2. The summed E-state index contributed by atoms with van der Waals surface area (Å²) in [5.41, 5.74) is 0.498. The van der Waals surface area contributed by atoms with Crippen molar-refractivity contribution in [3.05, 3.63) is 82.1 Å². The number of hydrogen-bond donors (Lipinski definition) is 1. The molecule has 3 aromatic carbocycles. The van der Waals surface area contributed by atoms with E-state index >= 15 is 0 Å². The third kappa shape index (κ3) is 4.53. The quantitative estimate of drug-likeness (QED) is 0.258. The molecule has 1 aliphatic rings. The SMILES string of the molecule is COc1ccc(OC)c(/C(O)=C2\C(=O)C(=O)N(c3ccc(F)c(Cl)c3)C2c2ccc(OC)c(OC)c2)c1. The number of ether oxygens (including phenoxy) is 4. The molecule has 192 valence electrons. The van der Waals surface area contributed by atoms with E-state index in [4.69, 9.17) is 30.5 Å². The zero-order valence-corrected chi connectivity index (χ0v) is 21.1. The molecular formula is C27H23ClFNO7. The first kappa shape index (κ1) is 25.8. The molecule has 1 aliphatic heterocycles. The van der Waals surface area contributed by atoms with E-state index in [-0.39, 0.29) is 27.6 Å². The summed E-state index contributed by atoms with van der Waals surface area (Å²) in [4.78, 5) is 27.9. The number of aliphatic hydroxyl groups is 1. The average molecular weight is 528 g/mol. The largest absolute Gasteiger partial charge is 0.507 e. The number of amides is 1. The van der Waals surface area contributed by atoms with Crippen molar-refractivity contribution in [2.24, 2.45) is 0 Å². The van der Waals surface area contributed by atoms with Gasteiger partial charge in [-0.15, -0.1) is 0 Å². The normalized spacial score (nSPS) is 16.6. The van der Waals surface area contributed by atoms with E-state index in [1.165, 1.54) is 46.6 Å². The Morgan fingerprint density at radius 2 is 1.54 bits per heavy atom. The van der Waals surface area contributed by atoms with Crippen LogP contribution >= 0.6 is 11.6 Å². The summed E-state index contributed by atoms with van der Waals surface area (Å²) in [6.45, 7) is 0. The van der Waals surface area contributed by atoms with Gasteiger partial charge < -0.3 is 24.1 Å². The molecule has 1 unspecified atom stereocenters. The number of methoxy groups -OCH3 is 4. The monoisotopic (exact) mass is 527 g/mol. The van der Waals surface area contributed by atoms with Crippen LogP contribution in [0.2, 0.25) is 5.02 Å². The van der Waals surface area contributed by atoms with E-state index in [1.54, 1.807) is 30.3 Å². The molecule has 1 saturated heterocycles. The predicted octanol–water partition coefficient (Wildman–Crippen LogP) is 5.14. The van der Waals surface area contributed by atoms with Crippen LogP contribution in [0.15, 0.2) is 60.2 Å². The van der Waals surface area contributed by atoms with Crippen LogP contribution in [-0.4, -0.2) is 45.2 Å². The van der Waals surface area contributed by atoms with E-state index in [9.17, 15) is 19.1 Å². The van der Waals surface area contributed by atoms with E-state index in [0.29, 0.717) is 22.8 Å². The van der Waals surface area contributed by atoms with Gasteiger partial charge in [-0.05, 0) is 54.1 Å². The van der Waals surface area contributed by atoms with Crippen LogP contribution in [-0.2, 0) is 9.59 Å². The molecule has 8 nitrogen and oxygen atoms in total. The molecule has 1 heterocycles. The Morgan fingerprint density at radius 3 is 2.16 bits per heavy atom. The number of halogens is 2. The van der Waals surface area contributed by atoms with Crippen molar-refractivity contribution < 1.29 is 38.0 Å². The van der Waals surface area contributed by atoms with Crippen molar-refractivity contribution >= 4 is 34.7 Å². The Balaban J connectivity index is 2.02. The summed E-state index contributed by atoms with van der Waals surface area (Å²) in [6, 6.07) is 12.0.